The number of alkyl halides is 3. The van der Waals surface area contributed by atoms with Gasteiger partial charge in [0.2, 0.25) is 0 Å². The Kier molecular flexibility index (Phi) is 8.74. The van der Waals surface area contributed by atoms with Crippen molar-refractivity contribution in [3.8, 4) is 0 Å². The van der Waals surface area contributed by atoms with E-state index in [1.165, 1.54) is 0 Å². The molecular weight excluding hydrogens is 209 g/mol. The number of hydrogen-bond donors (Lipinski definition) is 2. The Morgan fingerprint density at radius 1 is 1.00 bits per heavy atom. The summed E-state index contributed by atoms with van der Waals surface area (Å²) in [6.07, 6.45) is -2.25. The van der Waals surface area contributed by atoms with E-state index >= 15 is 0 Å². The van der Waals surface area contributed by atoms with E-state index in [-0.39, 0.29) is 13.2 Å². The Bertz CT molecular complexity index is 142. The molecule has 6 heteroatoms. The SMILES string of the molecule is CCCCNCCNCCOC(F)(F)F. The Hall–Kier alpha value is -0.330. The average molecular weight is 228 g/mol. The smallest absolute Gasteiger partial charge is 0.315 e. The lowest BCUT2D eigenvalue weighted by Gasteiger charge is -2.08. The first-order valence-corrected chi connectivity index (χ1v) is 5.18. The highest BCUT2D eigenvalue weighted by atomic mass is 19.4. The minimum absolute atomic E-state index is 0.217. The van der Waals surface area contributed by atoms with Crippen LogP contribution in [0.15, 0.2) is 0 Å². The molecule has 3 nitrogen and oxygen atoms in total. The van der Waals surface area contributed by atoms with Gasteiger partial charge in [0.25, 0.3) is 0 Å². The van der Waals surface area contributed by atoms with Crippen molar-refractivity contribution in [2.75, 3.05) is 32.8 Å². The van der Waals surface area contributed by atoms with Crippen molar-refractivity contribution in [2.45, 2.75) is 26.1 Å². The third kappa shape index (κ3) is 13.7. The van der Waals surface area contributed by atoms with Gasteiger partial charge in [0.05, 0.1) is 6.61 Å². The van der Waals surface area contributed by atoms with Crippen LogP contribution in [-0.4, -0.2) is 39.1 Å². The van der Waals surface area contributed by atoms with Crippen LogP contribution in [0.3, 0.4) is 0 Å². The quantitative estimate of drug-likeness (QED) is 0.587. The maximum Gasteiger partial charge on any atom is 0.522 e. The second-order valence-corrected chi connectivity index (χ2v) is 3.15. The van der Waals surface area contributed by atoms with Gasteiger partial charge in [0, 0.05) is 19.6 Å². The van der Waals surface area contributed by atoms with Gasteiger partial charge in [-0.05, 0) is 13.0 Å². The number of hydrogen-bond acceptors (Lipinski definition) is 3. The van der Waals surface area contributed by atoms with E-state index in [0.717, 1.165) is 25.9 Å². The van der Waals surface area contributed by atoms with Crippen LogP contribution < -0.4 is 10.6 Å². The van der Waals surface area contributed by atoms with Gasteiger partial charge in [0.1, 0.15) is 0 Å². The summed E-state index contributed by atoms with van der Waals surface area (Å²) in [7, 11) is 0. The van der Waals surface area contributed by atoms with E-state index in [2.05, 4.69) is 22.3 Å². The molecule has 0 amide bonds. The molecule has 0 bridgehead atoms. The molecule has 0 aromatic heterocycles. The van der Waals surface area contributed by atoms with E-state index in [1.807, 2.05) is 0 Å². The normalized spacial score (nSPS) is 12.0. The molecule has 0 saturated heterocycles. The molecular formula is C9H19F3N2O. The van der Waals surface area contributed by atoms with Crippen LogP contribution in [-0.2, 0) is 4.74 Å². The fourth-order valence-electron chi connectivity index (χ4n) is 0.967. The van der Waals surface area contributed by atoms with Crippen LogP contribution in [0.4, 0.5) is 13.2 Å². The third-order valence-electron chi connectivity index (χ3n) is 1.73. The first-order valence-electron chi connectivity index (χ1n) is 5.18. The highest BCUT2D eigenvalue weighted by molar-refractivity contribution is 4.51. The average Bonchev–Trinajstić information content (AvgIpc) is 2.14. The monoisotopic (exact) mass is 228 g/mol. The molecule has 0 aliphatic rings. The maximum atomic E-state index is 11.5. The van der Waals surface area contributed by atoms with Crippen molar-refractivity contribution < 1.29 is 17.9 Å². The Balaban J connectivity index is 2.99. The summed E-state index contributed by atoms with van der Waals surface area (Å²) in [5, 5.41) is 6.02. The zero-order valence-corrected chi connectivity index (χ0v) is 8.99. The van der Waals surface area contributed by atoms with Gasteiger partial charge in [0.15, 0.2) is 0 Å². The fourth-order valence-corrected chi connectivity index (χ4v) is 0.967. The Morgan fingerprint density at radius 3 is 2.13 bits per heavy atom. The fraction of sp³-hybridized carbons (Fsp3) is 1.00. The van der Waals surface area contributed by atoms with Crippen molar-refractivity contribution >= 4 is 0 Å². The summed E-state index contributed by atoms with van der Waals surface area (Å²) in [6.45, 7) is 4.37. The number of nitrogens with one attached hydrogen (secondary N) is 2. The molecule has 0 aromatic rings. The van der Waals surface area contributed by atoms with E-state index in [1.54, 1.807) is 0 Å². The summed E-state index contributed by atoms with van der Waals surface area (Å²) in [6, 6.07) is 0. The molecule has 0 spiro atoms. The van der Waals surface area contributed by atoms with Gasteiger partial charge in [-0.3, -0.25) is 4.74 Å². The lowest BCUT2D eigenvalue weighted by Crippen LogP contribution is -2.31. The summed E-state index contributed by atoms with van der Waals surface area (Å²) >= 11 is 0. The molecule has 92 valence electrons. The predicted molar refractivity (Wildman–Crippen MR) is 52.7 cm³/mol. The van der Waals surface area contributed by atoms with Gasteiger partial charge in [-0.2, -0.15) is 0 Å². The summed E-state index contributed by atoms with van der Waals surface area (Å²) in [5.74, 6) is 0. The highest BCUT2D eigenvalue weighted by Crippen LogP contribution is 2.14. The van der Waals surface area contributed by atoms with Gasteiger partial charge in [-0.15, -0.1) is 13.2 Å². The van der Waals surface area contributed by atoms with Crippen LogP contribution in [0.25, 0.3) is 0 Å². The molecule has 0 unspecified atom stereocenters. The predicted octanol–water partition coefficient (Wildman–Crippen LogP) is 1.50. The van der Waals surface area contributed by atoms with E-state index in [4.69, 9.17) is 0 Å². The van der Waals surface area contributed by atoms with Crippen molar-refractivity contribution in [2.24, 2.45) is 0 Å². The van der Waals surface area contributed by atoms with Crippen LogP contribution in [0.5, 0.6) is 0 Å². The van der Waals surface area contributed by atoms with Crippen molar-refractivity contribution in [1.29, 1.82) is 0 Å². The van der Waals surface area contributed by atoms with Gasteiger partial charge in [-0.25, -0.2) is 0 Å². The van der Waals surface area contributed by atoms with Gasteiger partial charge in [-0.1, -0.05) is 13.3 Å². The zero-order valence-electron chi connectivity index (χ0n) is 8.99. The molecule has 0 aliphatic heterocycles. The summed E-state index contributed by atoms with van der Waals surface area (Å²) in [4.78, 5) is 0. The van der Waals surface area contributed by atoms with Crippen LogP contribution >= 0.6 is 0 Å². The summed E-state index contributed by atoms with van der Waals surface area (Å²) < 4.78 is 38.1. The lowest BCUT2D eigenvalue weighted by molar-refractivity contribution is -0.323. The van der Waals surface area contributed by atoms with Crippen molar-refractivity contribution in [3.63, 3.8) is 0 Å². The van der Waals surface area contributed by atoms with E-state index < -0.39 is 6.36 Å². The van der Waals surface area contributed by atoms with E-state index in [0.29, 0.717) is 6.54 Å². The Labute approximate surface area is 88.4 Å². The van der Waals surface area contributed by atoms with Crippen LogP contribution in [0.2, 0.25) is 0 Å². The number of ether oxygens (including phenoxy) is 1. The highest BCUT2D eigenvalue weighted by Gasteiger charge is 2.28. The molecule has 2 N–H and O–H groups in total. The van der Waals surface area contributed by atoms with Gasteiger partial charge >= 0.3 is 6.36 Å². The number of unbranched alkanes of at least 4 members (excludes halogenated alkanes) is 1. The first-order chi connectivity index (χ1) is 7.06. The molecule has 0 rings (SSSR count). The van der Waals surface area contributed by atoms with Crippen LogP contribution in [0, 0.1) is 0 Å². The van der Waals surface area contributed by atoms with Crippen molar-refractivity contribution in [3.05, 3.63) is 0 Å². The molecule has 0 heterocycles. The molecule has 0 atom stereocenters. The molecule has 0 fully saturated rings. The molecule has 0 radical (unpaired) electrons. The second kappa shape index (κ2) is 8.94. The maximum absolute atomic E-state index is 11.5. The van der Waals surface area contributed by atoms with Crippen molar-refractivity contribution in [1.82, 2.24) is 10.6 Å². The minimum Gasteiger partial charge on any atom is -0.315 e. The minimum atomic E-state index is -4.51. The third-order valence-corrected chi connectivity index (χ3v) is 1.73. The molecule has 15 heavy (non-hydrogen) atoms. The second-order valence-electron chi connectivity index (χ2n) is 3.15. The summed E-state index contributed by atoms with van der Waals surface area (Å²) in [5.41, 5.74) is 0. The molecule has 0 saturated carbocycles. The lowest BCUT2D eigenvalue weighted by atomic mass is 10.3. The van der Waals surface area contributed by atoms with Crippen LogP contribution in [0.1, 0.15) is 19.8 Å². The standard InChI is InChI=1S/C9H19F3N2O/c1-2-3-4-13-5-6-14-7-8-15-9(10,11)12/h13-14H,2-8H2,1H3. The first kappa shape index (κ1) is 14.7. The molecule has 0 aliphatic carbocycles. The largest absolute Gasteiger partial charge is 0.522 e. The molecule has 0 aromatic carbocycles. The topological polar surface area (TPSA) is 33.3 Å². The Morgan fingerprint density at radius 2 is 1.60 bits per heavy atom. The zero-order chi connectivity index (χ0) is 11.6. The van der Waals surface area contributed by atoms with E-state index in [9.17, 15) is 13.2 Å². The number of rotatable bonds is 9. The number of halogens is 3. The van der Waals surface area contributed by atoms with Gasteiger partial charge < -0.3 is 10.6 Å².